The minimum atomic E-state index is -0.544. The van der Waals surface area contributed by atoms with Crippen molar-refractivity contribution < 1.29 is 9.72 Å². The molecule has 1 aliphatic carbocycles. The molecular formula is C13H14N4O3. The Morgan fingerprint density at radius 1 is 1.50 bits per heavy atom. The van der Waals surface area contributed by atoms with Crippen LogP contribution in [-0.4, -0.2) is 16.9 Å². The number of benzene rings is 1. The summed E-state index contributed by atoms with van der Waals surface area (Å²) in [4.78, 5) is 21.8. The van der Waals surface area contributed by atoms with Gasteiger partial charge in [0.05, 0.1) is 22.5 Å². The third kappa shape index (κ3) is 2.69. The minimum absolute atomic E-state index is 0.167. The van der Waals surface area contributed by atoms with E-state index in [1.54, 1.807) is 0 Å². The molecule has 3 N–H and O–H groups in total. The smallest absolute Gasteiger partial charge is 0.293 e. The third-order valence-electron chi connectivity index (χ3n) is 3.55. The van der Waals surface area contributed by atoms with Crippen LogP contribution in [0, 0.1) is 27.4 Å². The van der Waals surface area contributed by atoms with Crippen molar-refractivity contribution in [3.05, 3.63) is 33.9 Å². The van der Waals surface area contributed by atoms with Crippen molar-refractivity contribution in [1.82, 2.24) is 0 Å². The molecule has 0 saturated heterocycles. The van der Waals surface area contributed by atoms with E-state index in [2.05, 4.69) is 5.32 Å². The van der Waals surface area contributed by atoms with E-state index in [1.807, 2.05) is 6.07 Å². The lowest BCUT2D eigenvalue weighted by Crippen LogP contribution is -2.34. The Labute approximate surface area is 115 Å². The number of nitro benzene ring substituents is 1. The molecule has 7 nitrogen and oxygen atoms in total. The molecule has 104 valence electrons. The first-order valence-corrected chi connectivity index (χ1v) is 6.27. The van der Waals surface area contributed by atoms with E-state index in [0.29, 0.717) is 12.1 Å². The van der Waals surface area contributed by atoms with Gasteiger partial charge in [0.2, 0.25) is 5.91 Å². The number of nitrogens with zero attached hydrogens (tertiary/aromatic N) is 2. The van der Waals surface area contributed by atoms with Crippen LogP contribution in [0.2, 0.25) is 0 Å². The van der Waals surface area contributed by atoms with Crippen molar-refractivity contribution >= 4 is 17.3 Å². The third-order valence-corrected chi connectivity index (χ3v) is 3.55. The van der Waals surface area contributed by atoms with Gasteiger partial charge in [0.15, 0.2) is 0 Å². The number of amides is 1. The normalized spacial score (nSPS) is 21.1. The van der Waals surface area contributed by atoms with Crippen molar-refractivity contribution in [2.24, 2.45) is 11.7 Å². The Morgan fingerprint density at radius 3 is 2.85 bits per heavy atom. The molecule has 20 heavy (non-hydrogen) atoms. The summed E-state index contributed by atoms with van der Waals surface area (Å²) in [5.41, 5.74) is 5.70. The van der Waals surface area contributed by atoms with E-state index in [0.717, 1.165) is 12.8 Å². The SMILES string of the molecule is N#Cc1ccc(N[C@@H]2CCC[C@H]2C(N)=O)c([N+](=O)[O-])c1. The number of nitro groups is 1. The predicted octanol–water partition coefficient (Wildman–Crippen LogP) is 1.53. The second-order valence-electron chi connectivity index (χ2n) is 4.79. The molecule has 1 aromatic rings. The number of carbonyl (C=O) groups is 1. The van der Waals surface area contributed by atoms with Crippen LogP contribution in [0.4, 0.5) is 11.4 Å². The molecule has 1 saturated carbocycles. The summed E-state index contributed by atoms with van der Waals surface area (Å²) in [5, 5.41) is 22.8. The van der Waals surface area contributed by atoms with Crippen LogP contribution in [0.15, 0.2) is 18.2 Å². The van der Waals surface area contributed by atoms with Crippen LogP contribution in [0.25, 0.3) is 0 Å². The van der Waals surface area contributed by atoms with Crippen LogP contribution in [-0.2, 0) is 4.79 Å². The molecule has 2 atom stereocenters. The average Bonchev–Trinajstić information content (AvgIpc) is 2.87. The summed E-state index contributed by atoms with van der Waals surface area (Å²) >= 11 is 0. The lowest BCUT2D eigenvalue weighted by Gasteiger charge is -2.19. The molecule has 2 rings (SSSR count). The van der Waals surface area contributed by atoms with Gasteiger partial charge in [-0.2, -0.15) is 5.26 Å². The highest BCUT2D eigenvalue weighted by Crippen LogP contribution is 2.32. The van der Waals surface area contributed by atoms with Crippen molar-refractivity contribution in [3.8, 4) is 6.07 Å². The number of nitrogens with two attached hydrogens (primary N) is 1. The van der Waals surface area contributed by atoms with Gasteiger partial charge in [-0.3, -0.25) is 14.9 Å². The van der Waals surface area contributed by atoms with Crippen LogP contribution in [0.1, 0.15) is 24.8 Å². The molecule has 7 heteroatoms. The maximum atomic E-state index is 11.3. The van der Waals surface area contributed by atoms with Gasteiger partial charge in [-0.15, -0.1) is 0 Å². The maximum Gasteiger partial charge on any atom is 0.293 e. The van der Waals surface area contributed by atoms with Gasteiger partial charge in [-0.05, 0) is 25.0 Å². The molecule has 1 amide bonds. The van der Waals surface area contributed by atoms with Crippen LogP contribution in [0.3, 0.4) is 0 Å². The Morgan fingerprint density at radius 2 is 2.25 bits per heavy atom. The number of nitrogens with one attached hydrogen (secondary N) is 1. The molecule has 0 aromatic heterocycles. The lowest BCUT2D eigenvalue weighted by molar-refractivity contribution is -0.384. The highest BCUT2D eigenvalue weighted by Gasteiger charge is 2.32. The second kappa shape index (κ2) is 5.57. The molecule has 0 unspecified atom stereocenters. The van der Waals surface area contributed by atoms with Crippen molar-refractivity contribution in [2.45, 2.75) is 25.3 Å². The van der Waals surface area contributed by atoms with E-state index in [-0.39, 0.29) is 23.2 Å². The number of hydrogen-bond acceptors (Lipinski definition) is 5. The van der Waals surface area contributed by atoms with E-state index in [9.17, 15) is 14.9 Å². The van der Waals surface area contributed by atoms with Crippen molar-refractivity contribution in [1.29, 1.82) is 5.26 Å². The molecule has 0 heterocycles. The van der Waals surface area contributed by atoms with Crippen molar-refractivity contribution in [2.75, 3.05) is 5.32 Å². The summed E-state index contributed by atoms with van der Waals surface area (Å²) in [6.07, 6.45) is 2.29. The largest absolute Gasteiger partial charge is 0.376 e. The number of nitriles is 1. The van der Waals surface area contributed by atoms with Crippen LogP contribution in [0.5, 0.6) is 0 Å². The number of anilines is 1. The Balaban J connectivity index is 2.27. The summed E-state index contributed by atoms with van der Waals surface area (Å²) in [6.45, 7) is 0. The zero-order chi connectivity index (χ0) is 14.7. The molecule has 1 fully saturated rings. The summed E-state index contributed by atoms with van der Waals surface area (Å²) in [6, 6.07) is 5.88. The minimum Gasteiger partial charge on any atom is -0.376 e. The molecular weight excluding hydrogens is 260 g/mol. The number of rotatable bonds is 4. The van der Waals surface area contributed by atoms with Crippen LogP contribution < -0.4 is 11.1 Å². The quantitative estimate of drug-likeness (QED) is 0.636. The van der Waals surface area contributed by atoms with E-state index >= 15 is 0 Å². The lowest BCUT2D eigenvalue weighted by atomic mass is 10.0. The van der Waals surface area contributed by atoms with Gasteiger partial charge >= 0.3 is 0 Å². The topological polar surface area (TPSA) is 122 Å². The highest BCUT2D eigenvalue weighted by atomic mass is 16.6. The van der Waals surface area contributed by atoms with E-state index in [1.165, 1.54) is 18.2 Å². The van der Waals surface area contributed by atoms with Gasteiger partial charge in [0.1, 0.15) is 5.69 Å². The van der Waals surface area contributed by atoms with Gasteiger partial charge < -0.3 is 11.1 Å². The maximum absolute atomic E-state index is 11.3. The molecule has 0 bridgehead atoms. The van der Waals surface area contributed by atoms with Crippen molar-refractivity contribution in [3.63, 3.8) is 0 Å². The molecule has 0 aliphatic heterocycles. The highest BCUT2D eigenvalue weighted by molar-refractivity contribution is 5.78. The fraction of sp³-hybridized carbons (Fsp3) is 0.385. The van der Waals surface area contributed by atoms with Gasteiger partial charge in [-0.25, -0.2) is 0 Å². The van der Waals surface area contributed by atoms with E-state index < -0.39 is 10.8 Å². The number of hydrogen-bond donors (Lipinski definition) is 2. The molecule has 1 aliphatic rings. The van der Waals surface area contributed by atoms with Gasteiger partial charge in [0.25, 0.3) is 5.69 Å². The summed E-state index contributed by atoms with van der Waals surface area (Å²) < 4.78 is 0. The predicted molar refractivity (Wildman–Crippen MR) is 71.8 cm³/mol. The summed E-state index contributed by atoms with van der Waals surface area (Å²) in [5.74, 6) is -0.707. The molecule has 0 spiro atoms. The molecule has 1 aromatic carbocycles. The zero-order valence-corrected chi connectivity index (χ0v) is 10.7. The Bertz CT molecular complexity index is 594. The number of primary amides is 1. The Hall–Kier alpha value is -2.62. The molecule has 0 radical (unpaired) electrons. The van der Waals surface area contributed by atoms with E-state index in [4.69, 9.17) is 11.0 Å². The summed E-state index contributed by atoms with van der Waals surface area (Å²) in [7, 11) is 0. The Kier molecular flexibility index (Phi) is 3.84. The number of carbonyl (C=O) groups excluding carboxylic acids is 1. The first kappa shape index (κ1) is 13.8. The average molecular weight is 274 g/mol. The first-order valence-electron chi connectivity index (χ1n) is 6.27. The fourth-order valence-electron chi connectivity index (χ4n) is 2.55. The first-order chi connectivity index (χ1) is 9.52. The standard InChI is InChI=1S/C13H14N4O3/c14-7-8-4-5-11(12(6-8)17(19)20)16-10-3-1-2-9(10)13(15)18/h4-6,9-10,16H,1-3H2,(H2,15,18)/t9-,10-/m1/s1. The van der Waals surface area contributed by atoms with Gasteiger partial charge in [0, 0.05) is 12.1 Å². The van der Waals surface area contributed by atoms with Gasteiger partial charge in [-0.1, -0.05) is 6.42 Å². The fourth-order valence-corrected chi connectivity index (χ4v) is 2.55. The monoisotopic (exact) mass is 274 g/mol. The van der Waals surface area contributed by atoms with Crippen LogP contribution >= 0.6 is 0 Å². The zero-order valence-electron chi connectivity index (χ0n) is 10.7. The second-order valence-corrected chi connectivity index (χ2v) is 4.79.